The highest BCUT2D eigenvalue weighted by Gasteiger charge is 2.11. The predicted octanol–water partition coefficient (Wildman–Crippen LogP) is 0.604. The second kappa shape index (κ2) is 4.74. The number of rotatable bonds is 3. The predicted molar refractivity (Wildman–Crippen MR) is 51.8 cm³/mol. The fourth-order valence-corrected chi connectivity index (χ4v) is 1.13. The van der Waals surface area contributed by atoms with Crippen LogP contribution >= 0.6 is 0 Å². The monoisotopic (exact) mass is 195 g/mol. The van der Waals surface area contributed by atoms with Crippen molar-refractivity contribution < 1.29 is 14.6 Å². The van der Waals surface area contributed by atoms with E-state index in [-0.39, 0.29) is 6.61 Å². The number of aliphatic hydroxyl groups is 1. The zero-order valence-corrected chi connectivity index (χ0v) is 7.93. The van der Waals surface area contributed by atoms with Gasteiger partial charge in [0.1, 0.15) is 5.75 Å². The van der Waals surface area contributed by atoms with Gasteiger partial charge in [0.05, 0.1) is 12.6 Å². The summed E-state index contributed by atoms with van der Waals surface area (Å²) < 4.78 is 4.94. The van der Waals surface area contributed by atoms with Crippen molar-refractivity contribution >= 4 is 5.97 Å². The minimum Gasteiger partial charge on any atom is -0.426 e. The number of carbonyl (C=O) groups excluding carboxylic acids is 1. The molecular formula is C10H13NO3. The molecule has 0 aromatic heterocycles. The summed E-state index contributed by atoms with van der Waals surface area (Å²) in [5.74, 6) is 0.00383. The van der Waals surface area contributed by atoms with E-state index < -0.39 is 12.0 Å². The van der Waals surface area contributed by atoms with Gasteiger partial charge < -0.3 is 15.6 Å². The molecule has 1 aromatic carbocycles. The van der Waals surface area contributed by atoms with Crippen LogP contribution in [0, 0.1) is 0 Å². The van der Waals surface area contributed by atoms with Gasteiger partial charge in [0.2, 0.25) is 0 Å². The molecule has 0 aliphatic carbocycles. The van der Waals surface area contributed by atoms with Gasteiger partial charge in [0, 0.05) is 12.5 Å². The molecule has 0 radical (unpaired) electrons. The molecule has 0 heterocycles. The van der Waals surface area contributed by atoms with E-state index in [2.05, 4.69) is 0 Å². The second-order valence-corrected chi connectivity index (χ2v) is 2.92. The molecule has 0 fully saturated rings. The lowest BCUT2D eigenvalue weighted by atomic mass is 10.1. The van der Waals surface area contributed by atoms with Crippen LogP contribution in [-0.2, 0) is 4.79 Å². The first kappa shape index (κ1) is 10.7. The van der Waals surface area contributed by atoms with Crippen molar-refractivity contribution in [2.75, 3.05) is 6.61 Å². The van der Waals surface area contributed by atoms with Crippen LogP contribution in [0.5, 0.6) is 5.75 Å². The Kier molecular flexibility index (Phi) is 3.62. The third-order valence-electron chi connectivity index (χ3n) is 1.77. The Morgan fingerprint density at radius 2 is 2.21 bits per heavy atom. The zero-order valence-electron chi connectivity index (χ0n) is 7.93. The maximum Gasteiger partial charge on any atom is 0.308 e. The van der Waals surface area contributed by atoms with Gasteiger partial charge in [-0.15, -0.1) is 0 Å². The summed E-state index contributed by atoms with van der Waals surface area (Å²) in [6, 6.07) is 6.36. The molecule has 1 rings (SSSR count). The number of nitrogens with two attached hydrogens (primary N) is 1. The van der Waals surface area contributed by atoms with E-state index in [1.807, 2.05) is 0 Å². The lowest BCUT2D eigenvalue weighted by molar-refractivity contribution is -0.131. The molecule has 0 aliphatic heterocycles. The molecule has 0 saturated carbocycles. The molecule has 0 spiro atoms. The van der Waals surface area contributed by atoms with E-state index in [0.717, 1.165) is 0 Å². The van der Waals surface area contributed by atoms with E-state index in [4.69, 9.17) is 15.6 Å². The number of para-hydroxylation sites is 1. The molecule has 0 saturated heterocycles. The fraction of sp³-hybridized carbons (Fsp3) is 0.300. The van der Waals surface area contributed by atoms with E-state index in [9.17, 15) is 4.79 Å². The lowest BCUT2D eigenvalue weighted by Gasteiger charge is -2.12. The number of ether oxygens (including phenoxy) is 1. The largest absolute Gasteiger partial charge is 0.426 e. The standard InChI is InChI=1S/C10H13NO3/c1-7(13)14-10-5-3-2-4-8(10)9(11)6-12/h2-5,9,12H,6,11H2,1H3/t9-/m0/s1. The molecule has 0 amide bonds. The van der Waals surface area contributed by atoms with Gasteiger partial charge in [-0.3, -0.25) is 4.79 Å². The normalized spacial score (nSPS) is 12.2. The van der Waals surface area contributed by atoms with Crippen LogP contribution in [0.25, 0.3) is 0 Å². The topological polar surface area (TPSA) is 72.5 Å². The Morgan fingerprint density at radius 1 is 1.57 bits per heavy atom. The summed E-state index contributed by atoms with van der Waals surface area (Å²) in [6.07, 6.45) is 0. The van der Waals surface area contributed by atoms with Gasteiger partial charge in [-0.25, -0.2) is 0 Å². The summed E-state index contributed by atoms with van der Waals surface area (Å²) in [5.41, 5.74) is 6.26. The molecule has 14 heavy (non-hydrogen) atoms. The summed E-state index contributed by atoms with van der Waals surface area (Å²) >= 11 is 0. The SMILES string of the molecule is CC(=O)Oc1ccccc1[C@@H](N)CO. The molecule has 1 aromatic rings. The Morgan fingerprint density at radius 3 is 2.79 bits per heavy atom. The van der Waals surface area contributed by atoms with E-state index in [1.165, 1.54) is 6.92 Å². The van der Waals surface area contributed by atoms with E-state index in [0.29, 0.717) is 11.3 Å². The molecule has 0 aliphatic rings. The highest BCUT2D eigenvalue weighted by atomic mass is 16.5. The van der Waals surface area contributed by atoms with Crippen LogP contribution in [0.2, 0.25) is 0 Å². The Labute approximate surface area is 82.3 Å². The minimum atomic E-state index is -0.523. The average Bonchev–Trinajstić information content (AvgIpc) is 2.16. The summed E-state index contributed by atoms with van der Waals surface area (Å²) in [5, 5.41) is 8.88. The van der Waals surface area contributed by atoms with Crippen LogP contribution in [0.3, 0.4) is 0 Å². The molecular weight excluding hydrogens is 182 g/mol. The lowest BCUT2D eigenvalue weighted by Crippen LogP contribution is -2.16. The first-order valence-electron chi connectivity index (χ1n) is 4.29. The Balaban J connectivity index is 2.96. The first-order valence-corrected chi connectivity index (χ1v) is 4.29. The summed E-state index contributed by atoms with van der Waals surface area (Å²) in [6.45, 7) is 1.14. The van der Waals surface area contributed by atoms with Crippen LogP contribution in [-0.4, -0.2) is 17.7 Å². The van der Waals surface area contributed by atoms with Gasteiger partial charge in [-0.05, 0) is 6.07 Å². The minimum absolute atomic E-state index is 0.182. The van der Waals surface area contributed by atoms with Gasteiger partial charge in [0.25, 0.3) is 0 Å². The van der Waals surface area contributed by atoms with E-state index in [1.54, 1.807) is 24.3 Å². The van der Waals surface area contributed by atoms with Gasteiger partial charge >= 0.3 is 5.97 Å². The molecule has 4 heteroatoms. The van der Waals surface area contributed by atoms with Crippen LogP contribution < -0.4 is 10.5 Å². The third kappa shape index (κ3) is 2.55. The number of hydrogen-bond acceptors (Lipinski definition) is 4. The van der Waals surface area contributed by atoms with Crippen LogP contribution in [0.1, 0.15) is 18.5 Å². The second-order valence-electron chi connectivity index (χ2n) is 2.92. The van der Waals surface area contributed by atoms with Crippen molar-refractivity contribution in [2.45, 2.75) is 13.0 Å². The average molecular weight is 195 g/mol. The third-order valence-corrected chi connectivity index (χ3v) is 1.77. The number of aliphatic hydroxyl groups excluding tert-OH is 1. The highest BCUT2D eigenvalue weighted by molar-refractivity contribution is 5.69. The molecule has 4 nitrogen and oxygen atoms in total. The molecule has 0 unspecified atom stereocenters. The van der Waals surface area contributed by atoms with Crippen molar-refractivity contribution in [3.63, 3.8) is 0 Å². The first-order chi connectivity index (χ1) is 6.65. The molecule has 0 bridgehead atoms. The van der Waals surface area contributed by atoms with Crippen LogP contribution in [0.4, 0.5) is 0 Å². The van der Waals surface area contributed by atoms with Crippen molar-refractivity contribution in [1.29, 1.82) is 0 Å². The van der Waals surface area contributed by atoms with Crippen molar-refractivity contribution in [3.8, 4) is 5.75 Å². The van der Waals surface area contributed by atoms with E-state index >= 15 is 0 Å². The maximum absolute atomic E-state index is 10.8. The Bertz CT molecular complexity index is 325. The van der Waals surface area contributed by atoms with Gasteiger partial charge in [0.15, 0.2) is 0 Å². The Hall–Kier alpha value is -1.39. The number of esters is 1. The van der Waals surface area contributed by atoms with Crippen molar-refractivity contribution in [2.24, 2.45) is 5.73 Å². The summed E-state index contributed by atoms with van der Waals surface area (Å²) in [7, 11) is 0. The molecule has 3 N–H and O–H groups in total. The van der Waals surface area contributed by atoms with Crippen LogP contribution in [0.15, 0.2) is 24.3 Å². The van der Waals surface area contributed by atoms with Gasteiger partial charge in [-0.1, -0.05) is 18.2 Å². The number of carbonyl (C=O) groups is 1. The van der Waals surface area contributed by atoms with Crippen molar-refractivity contribution in [3.05, 3.63) is 29.8 Å². The zero-order chi connectivity index (χ0) is 10.6. The molecule has 76 valence electrons. The fourth-order valence-electron chi connectivity index (χ4n) is 1.13. The highest BCUT2D eigenvalue weighted by Crippen LogP contribution is 2.23. The quantitative estimate of drug-likeness (QED) is 0.547. The number of hydrogen-bond donors (Lipinski definition) is 2. The van der Waals surface area contributed by atoms with Crippen molar-refractivity contribution in [1.82, 2.24) is 0 Å². The number of benzene rings is 1. The van der Waals surface area contributed by atoms with Gasteiger partial charge in [-0.2, -0.15) is 0 Å². The smallest absolute Gasteiger partial charge is 0.308 e. The molecule has 1 atom stereocenters. The summed E-state index contributed by atoms with van der Waals surface area (Å²) in [4.78, 5) is 10.8. The maximum atomic E-state index is 10.8.